The first-order valence-electron chi connectivity index (χ1n) is 9.22. The highest BCUT2D eigenvalue weighted by atomic mass is 15.2. The van der Waals surface area contributed by atoms with Crippen molar-refractivity contribution in [2.24, 2.45) is 0 Å². The number of benzene rings is 2. The zero-order valence-corrected chi connectivity index (χ0v) is 15.9. The van der Waals surface area contributed by atoms with E-state index in [2.05, 4.69) is 98.6 Å². The molecule has 0 saturated carbocycles. The number of hydrogen-bond acceptors (Lipinski definition) is 2. The summed E-state index contributed by atoms with van der Waals surface area (Å²) in [5.41, 5.74) is 5.83. The molecule has 1 aliphatic rings. The normalized spacial score (nSPS) is 19.0. The predicted molar refractivity (Wildman–Crippen MR) is 108 cm³/mol. The monoisotopic (exact) mass is 334 g/mol. The molecule has 2 heteroatoms. The molecule has 0 spiro atoms. The van der Waals surface area contributed by atoms with Crippen LogP contribution in [0, 0.1) is 0 Å². The zero-order chi connectivity index (χ0) is 17.9. The molecule has 2 aromatic carbocycles. The van der Waals surface area contributed by atoms with Gasteiger partial charge in [0.1, 0.15) is 0 Å². The maximum Gasteiger partial charge on any atom is 0.0464 e. The van der Waals surface area contributed by atoms with Gasteiger partial charge in [-0.25, -0.2) is 0 Å². The van der Waals surface area contributed by atoms with Crippen LogP contribution in [0.15, 0.2) is 71.8 Å². The Bertz CT molecular complexity index is 712. The molecule has 2 nitrogen and oxygen atoms in total. The van der Waals surface area contributed by atoms with Crippen molar-refractivity contribution in [1.82, 2.24) is 5.32 Å². The Balaban J connectivity index is 1.86. The van der Waals surface area contributed by atoms with E-state index in [0.29, 0.717) is 6.04 Å². The minimum Gasteiger partial charge on any atom is -0.365 e. The summed E-state index contributed by atoms with van der Waals surface area (Å²) in [6.45, 7) is 11.0. The molecule has 0 amide bonds. The van der Waals surface area contributed by atoms with Crippen molar-refractivity contribution in [1.29, 1.82) is 0 Å². The summed E-state index contributed by atoms with van der Waals surface area (Å²) in [4.78, 5) is 2.50. The van der Waals surface area contributed by atoms with Crippen molar-refractivity contribution in [2.45, 2.75) is 52.2 Å². The third kappa shape index (κ3) is 4.52. The standard InChI is InChI=1S/C23H30N2/c1-18(2)21-15-23(3,4)24-22(21)17-25(20-13-9-6-10-14-20)16-19-11-7-5-8-12-19/h5-14,22,24H,15-17H2,1-4H3. The van der Waals surface area contributed by atoms with Gasteiger partial charge in [0.2, 0.25) is 0 Å². The minimum absolute atomic E-state index is 0.173. The Morgan fingerprint density at radius 1 is 1.00 bits per heavy atom. The Morgan fingerprint density at radius 3 is 2.20 bits per heavy atom. The Kier molecular flexibility index (Phi) is 5.29. The van der Waals surface area contributed by atoms with Gasteiger partial charge in [-0.1, -0.05) is 59.7 Å². The summed E-state index contributed by atoms with van der Waals surface area (Å²) >= 11 is 0. The van der Waals surface area contributed by atoms with E-state index in [1.807, 2.05) is 0 Å². The van der Waals surface area contributed by atoms with Gasteiger partial charge in [0, 0.05) is 30.4 Å². The van der Waals surface area contributed by atoms with Crippen LogP contribution in [0.4, 0.5) is 5.69 Å². The Morgan fingerprint density at radius 2 is 1.60 bits per heavy atom. The number of rotatable bonds is 5. The van der Waals surface area contributed by atoms with Crippen molar-refractivity contribution in [3.05, 3.63) is 77.4 Å². The molecule has 25 heavy (non-hydrogen) atoms. The second-order valence-corrected chi connectivity index (χ2v) is 7.98. The van der Waals surface area contributed by atoms with Crippen LogP contribution in [-0.2, 0) is 6.54 Å². The average Bonchev–Trinajstić information content (AvgIpc) is 2.91. The predicted octanol–water partition coefficient (Wildman–Crippen LogP) is 5.17. The molecule has 1 aliphatic heterocycles. The molecular formula is C23H30N2. The number of para-hydroxylation sites is 1. The second-order valence-electron chi connectivity index (χ2n) is 7.98. The molecule has 1 fully saturated rings. The first-order valence-corrected chi connectivity index (χ1v) is 9.22. The largest absolute Gasteiger partial charge is 0.365 e. The molecule has 3 rings (SSSR count). The van der Waals surface area contributed by atoms with E-state index in [9.17, 15) is 0 Å². The molecule has 0 aromatic heterocycles. The summed E-state index contributed by atoms with van der Waals surface area (Å²) in [5, 5.41) is 3.85. The number of allylic oxidation sites excluding steroid dienone is 1. The molecule has 1 saturated heterocycles. The lowest BCUT2D eigenvalue weighted by molar-refractivity contribution is 0.426. The van der Waals surface area contributed by atoms with Crippen LogP contribution in [-0.4, -0.2) is 18.1 Å². The van der Waals surface area contributed by atoms with Gasteiger partial charge in [-0.3, -0.25) is 0 Å². The van der Waals surface area contributed by atoms with Crippen LogP contribution >= 0.6 is 0 Å². The first-order chi connectivity index (χ1) is 11.9. The van der Waals surface area contributed by atoms with Gasteiger partial charge < -0.3 is 10.2 Å². The number of nitrogens with zero attached hydrogens (tertiary/aromatic N) is 1. The summed E-state index contributed by atoms with van der Waals surface area (Å²) in [6, 6.07) is 21.9. The fourth-order valence-corrected chi connectivity index (χ4v) is 3.81. The van der Waals surface area contributed by atoms with Gasteiger partial charge in [0.05, 0.1) is 0 Å². The van der Waals surface area contributed by atoms with E-state index < -0.39 is 0 Å². The van der Waals surface area contributed by atoms with Crippen LogP contribution < -0.4 is 10.2 Å². The number of anilines is 1. The summed E-state index contributed by atoms with van der Waals surface area (Å²) in [6.07, 6.45) is 1.13. The van der Waals surface area contributed by atoms with E-state index >= 15 is 0 Å². The quantitative estimate of drug-likeness (QED) is 0.759. The van der Waals surface area contributed by atoms with E-state index in [1.54, 1.807) is 5.57 Å². The minimum atomic E-state index is 0.173. The van der Waals surface area contributed by atoms with Crippen LogP contribution in [0.2, 0.25) is 0 Å². The highest BCUT2D eigenvalue weighted by Gasteiger charge is 2.35. The third-order valence-electron chi connectivity index (χ3n) is 5.00. The second kappa shape index (κ2) is 7.45. The van der Waals surface area contributed by atoms with Gasteiger partial charge >= 0.3 is 0 Å². The third-order valence-corrected chi connectivity index (χ3v) is 5.00. The van der Waals surface area contributed by atoms with Crippen LogP contribution in [0.1, 0.15) is 39.7 Å². The molecule has 2 aromatic rings. The SMILES string of the molecule is CC(C)=C1CC(C)(C)NC1CN(Cc1ccccc1)c1ccccc1. The molecule has 1 unspecified atom stereocenters. The smallest absolute Gasteiger partial charge is 0.0464 e. The number of nitrogens with one attached hydrogen (secondary N) is 1. The maximum atomic E-state index is 3.85. The lowest BCUT2D eigenvalue weighted by atomic mass is 9.96. The van der Waals surface area contributed by atoms with Crippen molar-refractivity contribution in [3.8, 4) is 0 Å². The maximum absolute atomic E-state index is 3.85. The van der Waals surface area contributed by atoms with E-state index in [4.69, 9.17) is 0 Å². The highest BCUT2D eigenvalue weighted by molar-refractivity contribution is 5.48. The topological polar surface area (TPSA) is 15.3 Å². The lowest BCUT2D eigenvalue weighted by Gasteiger charge is -2.30. The van der Waals surface area contributed by atoms with Crippen LogP contribution in [0.3, 0.4) is 0 Å². The van der Waals surface area contributed by atoms with E-state index in [-0.39, 0.29) is 5.54 Å². The van der Waals surface area contributed by atoms with Crippen molar-refractivity contribution >= 4 is 5.69 Å². The van der Waals surface area contributed by atoms with E-state index in [1.165, 1.54) is 16.8 Å². The molecule has 1 atom stereocenters. The van der Waals surface area contributed by atoms with Gasteiger partial charge in [-0.05, 0) is 51.8 Å². The highest BCUT2D eigenvalue weighted by Crippen LogP contribution is 2.31. The van der Waals surface area contributed by atoms with Crippen LogP contribution in [0.25, 0.3) is 0 Å². The molecule has 0 radical (unpaired) electrons. The van der Waals surface area contributed by atoms with Gasteiger partial charge in [0.25, 0.3) is 0 Å². The zero-order valence-electron chi connectivity index (χ0n) is 15.9. The van der Waals surface area contributed by atoms with E-state index in [0.717, 1.165) is 19.5 Å². The molecule has 1 heterocycles. The van der Waals surface area contributed by atoms with Crippen molar-refractivity contribution < 1.29 is 0 Å². The molecule has 1 N–H and O–H groups in total. The molecule has 132 valence electrons. The Hall–Kier alpha value is -2.06. The molecular weight excluding hydrogens is 304 g/mol. The molecule has 0 aliphatic carbocycles. The lowest BCUT2D eigenvalue weighted by Crippen LogP contribution is -2.44. The fourth-order valence-electron chi connectivity index (χ4n) is 3.81. The van der Waals surface area contributed by atoms with Crippen molar-refractivity contribution in [2.75, 3.05) is 11.4 Å². The summed E-state index contributed by atoms with van der Waals surface area (Å²) < 4.78 is 0. The van der Waals surface area contributed by atoms with Crippen molar-refractivity contribution in [3.63, 3.8) is 0 Å². The van der Waals surface area contributed by atoms with Gasteiger partial charge in [-0.2, -0.15) is 0 Å². The summed E-state index contributed by atoms with van der Waals surface area (Å²) in [7, 11) is 0. The Labute approximate surface area is 152 Å². The number of hydrogen-bond donors (Lipinski definition) is 1. The average molecular weight is 335 g/mol. The van der Waals surface area contributed by atoms with Crippen LogP contribution in [0.5, 0.6) is 0 Å². The molecule has 0 bridgehead atoms. The fraction of sp³-hybridized carbons (Fsp3) is 0.391. The first kappa shape index (κ1) is 17.8. The van der Waals surface area contributed by atoms with Gasteiger partial charge in [0.15, 0.2) is 0 Å². The van der Waals surface area contributed by atoms with Gasteiger partial charge in [-0.15, -0.1) is 0 Å². The summed E-state index contributed by atoms with van der Waals surface area (Å²) in [5.74, 6) is 0.